The van der Waals surface area contributed by atoms with E-state index >= 15 is 0 Å². The van der Waals surface area contributed by atoms with Crippen LogP contribution in [0.25, 0.3) is 6.08 Å². The summed E-state index contributed by atoms with van der Waals surface area (Å²) in [6.45, 7) is 0.441. The Morgan fingerprint density at radius 3 is 2.87 bits per heavy atom. The van der Waals surface area contributed by atoms with Crippen molar-refractivity contribution in [2.24, 2.45) is 20.7 Å². The van der Waals surface area contributed by atoms with Gasteiger partial charge in [0, 0.05) is 0 Å². The average molecular weight is 312 g/mol. The lowest BCUT2D eigenvalue weighted by Gasteiger charge is -2.20. The number of rotatable bonds is 2. The quantitative estimate of drug-likeness (QED) is 0.848. The summed E-state index contributed by atoms with van der Waals surface area (Å²) >= 11 is 0. The van der Waals surface area contributed by atoms with Gasteiger partial charge < -0.3 is 10.5 Å². The molecule has 0 unspecified atom stereocenters. The third kappa shape index (κ3) is 2.46. The van der Waals surface area contributed by atoms with E-state index in [1.165, 1.54) is 19.3 Å². The molecule has 0 spiro atoms. The van der Waals surface area contributed by atoms with Gasteiger partial charge in [-0.25, -0.2) is 9.98 Å². The number of hydrogen-bond donors (Lipinski definition) is 1. The molecule has 1 aromatic heterocycles. The molecule has 2 aliphatic carbocycles. The lowest BCUT2D eigenvalue weighted by Crippen LogP contribution is -2.34. The van der Waals surface area contributed by atoms with Crippen molar-refractivity contribution in [3.63, 3.8) is 0 Å². The van der Waals surface area contributed by atoms with E-state index in [9.17, 15) is 0 Å². The summed E-state index contributed by atoms with van der Waals surface area (Å²) in [5.41, 5.74) is 7.93. The fraction of sp³-hybridized carbons (Fsp3) is 0.500. The minimum absolute atomic E-state index is 0.269. The number of aromatic nitrogens is 2. The van der Waals surface area contributed by atoms with Gasteiger partial charge in [0.15, 0.2) is 0 Å². The van der Waals surface area contributed by atoms with E-state index in [0.717, 1.165) is 35.4 Å². The van der Waals surface area contributed by atoms with Crippen LogP contribution in [0.3, 0.4) is 0 Å². The first kappa shape index (κ1) is 14.2. The first-order valence-electron chi connectivity index (χ1n) is 8.06. The zero-order valence-corrected chi connectivity index (χ0v) is 13.2. The molecule has 0 radical (unpaired) electrons. The van der Waals surface area contributed by atoms with Gasteiger partial charge in [-0.2, -0.15) is 4.99 Å². The smallest absolute Gasteiger partial charge is 0.235 e. The molecule has 2 N–H and O–H groups in total. The molecule has 1 saturated carbocycles. The SMILES string of the molecule is COC1=CC=c2c(nc3n2CN=C(N)N=3)C1=NC1CCCCC1. The maximum absolute atomic E-state index is 5.70. The van der Waals surface area contributed by atoms with Gasteiger partial charge in [-0.15, -0.1) is 0 Å². The number of nitrogens with two attached hydrogens (primary N) is 1. The van der Waals surface area contributed by atoms with Crippen molar-refractivity contribution >= 4 is 17.7 Å². The van der Waals surface area contributed by atoms with Crippen molar-refractivity contribution in [2.75, 3.05) is 7.11 Å². The van der Waals surface area contributed by atoms with Crippen LogP contribution in [0.2, 0.25) is 0 Å². The van der Waals surface area contributed by atoms with Gasteiger partial charge in [0.2, 0.25) is 11.6 Å². The molecule has 120 valence electrons. The Hall–Kier alpha value is -2.44. The number of ether oxygens (including phenoxy) is 1. The normalized spacial score (nSPS) is 22.4. The number of nitrogens with zero attached hydrogens (tertiary/aromatic N) is 5. The summed E-state index contributed by atoms with van der Waals surface area (Å²) in [4.78, 5) is 18.0. The summed E-state index contributed by atoms with van der Waals surface area (Å²) in [6.07, 6.45) is 9.98. The minimum Gasteiger partial charge on any atom is -0.494 e. The van der Waals surface area contributed by atoms with Gasteiger partial charge in [-0.05, 0) is 25.0 Å². The summed E-state index contributed by atoms with van der Waals surface area (Å²) < 4.78 is 7.47. The Bertz CT molecular complexity index is 839. The van der Waals surface area contributed by atoms with E-state index in [1.54, 1.807) is 7.11 Å². The van der Waals surface area contributed by atoms with Crippen molar-refractivity contribution in [1.82, 2.24) is 9.55 Å². The zero-order valence-electron chi connectivity index (χ0n) is 13.2. The molecule has 0 atom stereocenters. The molecule has 4 rings (SSSR count). The summed E-state index contributed by atoms with van der Waals surface area (Å²) in [5.74, 6) is 1.03. The van der Waals surface area contributed by atoms with Gasteiger partial charge in [0.05, 0.1) is 18.5 Å². The Morgan fingerprint density at radius 2 is 2.09 bits per heavy atom. The molecule has 2 heterocycles. The van der Waals surface area contributed by atoms with Crippen molar-refractivity contribution in [3.8, 4) is 0 Å². The molecular weight excluding hydrogens is 292 g/mol. The molecule has 1 aliphatic heterocycles. The van der Waals surface area contributed by atoms with Gasteiger partial charge in [-0.3, -0.25) is 9.56 Å². The minimum atomic E-state index is 0.269. The van der Waals surface area contributed by atoms with E-state index in [4.69, 9.17) is 15.5 Å². The zero-order chi connectivity index (χ0) is 15.8. The number of methoxy groups -OCH3 is 1. The largest absolute Gasteiger partial charge is 0.494 e. The third-order valence-corrected chi connectivity index (χ3v) is 4.53. The maximum Gasteiger partial charge on any atom is 0.235 e. The highest BCUT2D eigenvalue weighted by molar-refractivity contribution is 6.12. The lowest BCUT2D eigenvalue weighted by atomic mass is 9.95. The third-order valence-electron chi connectivity index (χ3n) is 4.53. The van der Waals surface area contributed by atoms with Crippen molar-refractivity contribution in [2.45, 2.75) is 44.8 Å². The average Bonchev–Trinajstić information content (AvgIpc) is 2.94. The topological polar surface area (TPSA) is 90.1 Å². The Morgan fingerprint density at radius 1 is 1.26 bits per heavy atom. The van der Waals surface area contributed by atoms with Gasteiger partial charge >= 0.3 is 0 Å². The van der Waals surface area contributed by atoms with Crippen LogP contribution in [0.4, 0.5) is 0 Å². The van der Waals surface area contributed by atoms with E-state index in [-0.39, 0.29) is 5.96 Å². The number of hydrogen-bond acceptors (Lipinski definition) is 6. The Labute approximate surface area is 134 Å². The summed E-state index contributed by atoms with van der Waals surface area (Å²) in [7, 11) is 1.67. The molecular formula is C16H20N6O. The monoisotopic (exact) mass is 312 g/mol. The van der Waals surface area contributed by atoms with Crippen molar-refractivity contribution in [3.05, 3.63) is 28.5 Å². The number of aliphatic imine (C=N–C) groups is 2. The van der Waals surface area contributed by atoms with Crippen LogP contribution in [0.1, 0.15) is 37.8 Å². The molecule has 1 fully saturated rings. The lowest BCUT2D eigenvalue weighted by molar-refractivity contribution is 0.314. The first-order valence-corrected chi connectivity index (χ1v) is 8.06. The van der Waals surface area contributed by atoms with Crippen LogP contribution in [0.15, 0.2) is 26.8 Å². The molecule has 1 aromatic rings. The molecule has 0 saturated heterocycles. The fourth-order valence-corrected chi connectivity index (χ4v) is 3.33. The van der Waals surface area contributed by atoms with Crippen LogP contribution in [0.5, 0.6) is 0 Å². The summed E-state index contributed by atoms with van der Waals surface area (Å²) in [6, 6.07) is 0.347. The van der Waals surface area contributed by atoms with Gasteiger partial charge in [-0.1, -0.05) is 19.3 Å². The van der Waals surface area contributed by atoms with E-state index in [2.05, 4.69) is 15.0 Å². The van der Waals surface area contributed by atoms with E-state index < -0.39 is 0 Å². The molecule has 0 aromatic carbocycles. The van der Waals surface area contributed by atoms with E-state index in [0.29, 0.717) is 18.3 Å². The number of allylic oxidation sites excluding steroid dienone is 2. The van der Waals surface area contributed by atoms with Crippen LogP contribution in [0, 0.1) is 0 Å². The molecule has 0 amide bonds. The maximum atomic E-state index is 5.70. The Kier molecular flexibility index (Phi) is 3.48. The van der Waals surface area contributed by atoms with Crippen LogP contribution in [-0.2, 0) is 11.4 Å². The fourth-order valence-electron chi connectivity index (χ4n) is 3.33. The second-order valence-corrected chi connectivity index (χ2v) is 6.01. The highest BCUT2D eigenvalue weighted by Gasteiger charge is 2.24. The molecule has 7 heteroatoms. The van der Waals surface area contributed by atoms with E-state index in [1.807, 2.05) is 16.7 Å². The van der Waals surface area contributed by atoms with Crippen molar-refractivity contribution < 1.29 is 4.74 Å². The number of imidazole rings is 1. The molecule has 7 nitrogen and oxygen atoms in total. The van der Waals surface area contributed by atoms with Crippen LogP contribution in [-0.4, -0.2) is 34.4 Å². The highest BCUT2D eigenvalue weighted by atomic mass is 16.5. The predicted molar refractivity (Wildman–Crippen MR) is 87.6 cm³/mol. The second-order valence-electron chi connectivity index (χ2n) is 6.01. The van der Waals surface area contributed by atoms with Crippen LogP contribution < -0.4 is 16.7 Å². The van der Waals surface area contributed by atoms with Crippen LogP contribution >= 0.6 is 0 Å². The number of fused-ring (bicyclic) bond motifs is 3. The number of guanidine groups is 1. The molecule has 23 heavy (non-hydrogen) atoms. The molecule has 3 aliphatic rings. The first-order chi connectivity index (χ1) is 11.3. The van der Waals surface area contributed by atoms with Gasteiger partial charge in [0.25, 0.3) is 0 Å². The predicted octanol–water partition coefficient (Wildman–Crippen LogP) is 0.235. The highest BCUT2D eigenvalue weighted by Crippen LogP contribution is 2.22. The second kappa shape index (κ2) is 5.64. The standard InChI is InChI=1S/C16H20N6O/c1-23-12-8-7-11-13(14(12)19-10-5-3-2-4-6-10)20-16-21-15(17)18-9-22(11)16/h7-8,10H,2-6,9H2,1H3,(H2,17,18). The molecule has 0 bridgehead atoms. The Balaban J connectivity index is 1.83. The van der Waals surface area contributed by atoms with Crippen molar-refractivity contribution in [1.29, 1.82) is 0 Å². The summed E-state index contributed by atoms with van der Waals surface area (Å²) in [5, 5.41) is 0.968. The van der Waals surface area contributed by atoms with Gasteiger partial charge in [0.1, 0.15) is 23.8 Å².